The number of anilines is 2. The van der Waals surface area contributed by atoms with Crippen LogP contribution in [-0.2, 0) is 14.3 Å². The highest BCUT2D eigenvalue weighted by Crippen LogP contribution is 2.35. The molecule has 2 amide bonds. The van der Waals surface area contributed by atoms with E-state index in [1.807, 2.05) is 13.0 Å². The molecule has 1 aliphatic rings. The van der Waals surface area contributed by atoms with Gasteiger partial charge in [-0.1, -0.05) is 17.4 Å². The van der Waals surface area contributed by atoms with Crippen molar-refractivity contribution in [3.05, 3.63) is 34.3 Å². The van der Waals surface area contributed by atoms with Crippen molar-refractivity contribution < 1.29 is 23.9 Å². The lowest BCUT2D eigenvalue weighted by atomic mass is 10.0. The molecule has 1 aliphatic heterocycles. The smallest absolute Gasteiger partial charge is 0.350 e. The van der Waals surface area contributed by atoms with Crippen LogP contribution in [0.4, 0.5) is 10.8 Å². The predicted molar refractivity (Wildman–Crippen MR) is 95.7 cm³/mol. The summed E-state index contributed by atoms with van der Waals surface area (Å²) < 4.78 is 10.4. The van der Waals surface area contributed by atoms with E-state index in [2.05, 4.69) is 20.4 Å². The lowest BCUT2D eigenvalue weighted by Crippen LogP contribution is -2.56. The topological polar surface area (TPSA) is 107 Å². The van der Waals surface area contributed by atoms with Gasteiger partial charge in [-0.3, -0.25) is 14.9 Å². The maximum Gasteiger partial charge on any atom is 0.350 e. The van der Waals surface area contributed by atoms with Gasteiger partial charge in [0.1, 0.15) is 10.6 Å². The van der Waals surface area contributed by atoms with Crippen molar-refractivity contribution in [2.45, 2.75) is 26.4 Å². The number of esters is 1. The zero-order valence-corrected chi connectivity index (χ0v) is 15.4. The molecule has 3 rings (SSSR count). The molecule has 8 nitrogen and oxygen atoms in total. The second-order valence-electron chi connectivity index (χ2n) is 5.97. The van der Waals surface area contributed by atoms with Gasteiger partial charge in [0.2, 0.25) is 0 Å². The number of aromatic nitrogens is 1. The molecule has 2 aromatic rings. The number of rotatable bonds is 3. The van der Waals surface area contributed by atoms with Gasteiger partial charge in [0.15, 0.2) is 5.13 Å². The zero-order chi connectivity index (χ0) is 19.1. The van der Waals surface area contributed by atoms with Gasteiger partial charge < -0.3 is 14.8 Å². The number of thiazole rings is 1. The highest BCUT2D eigenvalue weighted by atomic mass is 32.1. The van der Waals surface area contributed by atoms with Gasteiger partial charge in [-0.2, -0.15) is 0 Å². The molecule has 1 unspecified atom stereocenters. The minimum Gasteiger partial charge on any atom is -0.466 e. The van der Waals surface area contributed by atoms with E-state index in [9.17, 15) is 14.4 Å². The third-order valence-electron chi connectivity index (χ3n) is 3.95. The Balaban J connectivity index is 1.84. The fourth-order valence-corrected chi connectivity index (χ4v) is 3.32. The fourth-order valence-electron chi connectivity index (χ4n) is 2.44. The molecule has 1 atom stereocenters. The van der Waals surface area contributed by atoms with Crippen LogP contribution in [-0.4, -0.2) is 35.5 Å². The summed E-state index contributed by atoms with van der Waals surface area (Å²) in [5.74, 6) is -1.41. The second kappa shape index (κ2) is 6.41. The molecule has 1 aromatic heterocycles. The third kappa shape index (κ3) is 3.01. The van der Waals surface area contributed by atoms with Crippen LogP contribution < -0.4 is 15.4 Å². The molecule has 0 saturated heterocycles. The number of benzene rings is 1. The number of amides is 2. The number of nitrogens with zero attached hydrogens (tertiary/aromatic N) is 1. The van der Waals surface area contributed by atoms with Crippen molar-refractivity contribution in [2.24, 2.45) is 0 Å². The van der Waals surface area contributed by atoms with E-state index in [-0.39, 0.29) is 10.0 Å². The second-order valence-corrected chi connectivity index (χ2v) is 6.97. The molecule has 2 N–H and O–H groups in total. The summed E-state index contributed by atoms with van der Waals surface area (Å²) in [6.07, 6.45) is 0. The van der Waals surface area contributed by atoms with Crippen molar-refractivity contribution in [3.8, 4) is 5.75 Å². The average Bonchev–Trinajstić information content (AvgIpc) is 2.95. The van der Waals surface area contributed by atoms with Crippen molar-refractivity contribution in [1.29, 1.82) is 0 Å². The maximum atomic E-state index is 12.7. The molecular weight excluding hydrogens is 358 g/mol. The largest absolute Gasteiger partial charge is 0.466 e. The molecule has 9 heteroatoms. The quantitative estimate of drug-likeness (QED) is 0.630. The fraction of sp³-hybridized carbons (Fsp3) is 0.294. The lowest BCUT2D eigenvalue weighted by Gasteiger charge is -2.33. The van der Waals surface area contributed by atoms with E-state index in [1.165, 1.54) is 14.0 Å². The standard InChI is InChI=1S/C17H17N3O5S/c1-8-5-6-11-10(7-8)19-14(22)17(3,25-11)15(23)20-16-18-9(2)12(26-16)13(21)24-4/h5-7H,1-4H3,(H,19,22)(H,18,20,23). The first-order valence-electron chi connectivity index (χ1n) is 7.73. The van der Waals surface area contributed by atoms with E-state index in [1.54, 1.807) is 19.1 Å². The predicted octanol–water partition coefficient (Wildman–Crippen LogP) is 2.27. The first kappa shape index (κ1) is 17.9. The van der Waals surface area contributed by atoms with Crippen molar-refractivity contribution >= 4 is 39.9 Å². The summed E-state index contributed by atoms with van der Waals surface area (Å²) in [5, 5.41) is 5.41. The van der Waals surface area contributed by atoms with Crippen LogP contribution in [0.15, 0.2) is 18.2 Å². The Labute approximate surface area is 153 Å². The van der Waals surface area contributed by atoms with Gasteiger partial charge in [0.05, 0.1) is 18.5 Å². The van der Waals surface area contributed by atoms with E-state index >= 15 is 0 Å². The number of ether oxygens (including phenoxy) is 2. The number of nitrogens with one attached hydrogen (secondary N) is 2. The number of hydrogen-bond acceptors (Lipinski definition) is 7. The Hall–Kier alpha value is -2.94. The van der Waals surface area contributed by atoms with Crippen LogP contribution in [0.3, 0.4) is 0 Å². The molecular formula is C17H17N3O5S. The zero-order valence-electron chi connectivity index (χ0n) is 14.6. The molecule has 136 valence electrons. The van der Waals surface area contributed by atoms with Gasteiger partial charge in [-0.05, 0) is 38.5 Å². The Morgan fingerprint density at radius 1 is 1.35 bits per heavy atom. The summed E-state index contributed by atoms with van der Waals surface area (Å²) in [4.78, 5) is 41.2. The third-order valence-corrected chi connectivity index (χ3v) is 5.00. The molecule has 0 aliphatic carbocycles. The highest BCUT2D eigenvalue weighted by Gasteiger charge is 2.47. The van der Waals surface area contributed by atoms with Gasteiger partial charge in [0, 0.05) is 0 Å². The van der Waals surface area contributed by atoms with Gasteiger partial charge in [-0.25, -0.2) is 9.78 Å². The summed E-state index contributed by atoms with van der Waals surface area (Å²) in [7, 11) is 1.26. The summed E-state index contributed by atoms with van der Waals surface area (Å²) in [6, 6.07) is 5.28. The molecule has 2 heterocycles. The van der Waals surface area contributed by atoms with E-state index in [0.717, 1.165) is 16.9 Å². The number of fused-ring (bicyclic) bond motifs is 1. The van der Waals surface area contributed by atoms with Crippen LogP contribution in [0.1, 0.15) is 27.9 Å². The van der Waals surface area contributed by atoms with Crippen molar-refractivity contribution in [1.82, 2.24) is 4.98 Å². The number of carbonyl (C=O) groups is 3. The average molecular weight is 375 g/mol. The summed E-state index contributed by atoms with van der Waals surface area (Å²) in [6.45, 7) is 4.89. The molecule has 0 spiro atoms. The molecule has 1 aromatic carbocycles. The van der Waals surface area contributed by atoms with E-state index in [4.69, 9.17) is 4.74 Å². The first-order valence-corrected chi connectivity index (χ1v) is 8.54. The van der Waals surface area contributed by atoms with E-state index < -0.39 is 23.4 Å². The van der Waals surface area contributed by atoms with Gasteiger partial charge >= 0.3 is 5.97 Å². The highest BCUT2D eigenvalue weighted by molar-refractivity contribution is 7.17. The molecule has 0 bridgehead atoms. The van der Waals surface area contributed by atoms with Crippen LogP contribution >= 0.6 is 11.3 Å². The number of hydrogen-bond donors (Lipinski definition) is 2. The van der Waals surface area contributed by atoms with Gasteiger partial charge in [0.25, 0.3) is 17.4 Å². The first-order chi connectivity index (χ1) is 12.2. The van der Waals surface area contributed by atoms with Crippen molar-refractivity contribution in [2.75, 3.05) is 17.7 Å². The monoisotopic (exact) mass is 375 g/mol. The van der Waals surface area contributed by atoms with Crippen molar-refractivity contribution in [3.63, 3.8) is 0 Å². The SMILES string of the molecule is COC(=O)c1sc(NC(=O)C2(C)Oc3ccc(C)cc3NC2=O)nc1C. The van der Waals surface area contributed by atoms with Crippen LogP contribution in [0, 0.1) is 13.8 Å². The Morgan fingerprint density at radius 2 is 2.08 bits per heavy atom. The molecule has 0 radical (unpaired) electrons. The molecule has 0 fully saturated rings. The van der Waals surface area contributed by atoms with Crippen LogP contribution in [0.2, 0.25) is 0 Å². The Kier molecular flexibility index (Phi) is 4.41. The van der Waals surface area contributed by atoms with E-state index in [0.29, 0.717) is 17.1 Å². The summed E-state index contributed by atoms with van der Waals surface area (Å²) >= 11 is 0.967. The normalized spacial score (nSPS) is 18.4. The van der Waals surface area contributed by atoms with Crippen LogP contribution in [0.5, 0.6) is 5.75 Å². The molecule has 0 saturated carbocycles. The summed E-state index contributed by atoms with van der Waals surface area (Å²) in [5.41, 5.74) is 0.123. The number of methoxy groups -OCH3 is 1. The lowest BCUT2D eigenvalue weighted by molar-refractivity contribution is -0.143. The maximum absolute atomic E-state index is 12.7. The minimum atomic E-state index is -1.77. The minimum absolute atomic E-state index is 0.181. The Bertz CT molecular complexity index is 923. The number of aryl methyl sites for hydroxylation is 2. The molecule has 26 heavy (non-hydrogen) atoms. The van der Waals surface area contributed by atoms with Crippen LogP contribution in [0.25, 0.3) is 0 Å². The number of carbonyl (C=O) groups excluding carboxylic acids is 3. The Morgan fingerprint density at radius 3 is 2.77 bits per heavy atom. The van der Waals surface area contributed by atoms with Gasteiger partial charge in [-0.15, -0.1) is 0 Å².